The number of rotatable bonds is 1. The molecule has 0 aliphatic heterocycles. The first-order valence-electron chi connectivity index (χ1n) is 3.23. The Balaban J connectivity index is 2.14. The molecule has 0 saturated heterocycles. The Morgan fingerprint density at radius 3 is 2.89 bits per heavy atom. The van der Waals surface area contributed by atoms with E-state index in [1.165, 1.54) is 25.7 Å². The molecule has 0 radical (unpaired) electrons. The zero-order chi connectivity index (χ0) is 6.10. The Kier molecular flexibility index (Phi) is 1.01. The topological polar surface area (TPSA) is 38.9 Å². The lowest BCUT2D eigenvalue weighted by Gasteiger charge is -2.20. The predicted octanol–water partition coefficient (Wildman–Crippen LogP) is 1.34. The summed E-state index contributed by atoms with van der Waals surface area (Å²) in [4.78, 5) is 3.96. The van der Waals surface area contributed by atoms with E-state index in [9.17, 15) is 0 Å². The third-order valence-corrected chi connectivity index (χ3v) is 1.85. The zero-order valence-corrected chi connectivity index (χ0v) is 5.08. The molecule has 1 fully saturated rings. The molecule has 1 aromatic heterocycles. The molecule has 0 aromatic carbocycles. The van der Waals surface area contributed by atoms with Gasteiger partial charge in [0.1, 0.15) is 0 Å². The molecule has 1 aliphatic carbocycles. The molecule has 3 nitrogen and oxygen atoms in total. The van der Waals surface area contributed by atoms with Crippen LogP contribution in [0.25, 0.3) is 0 Å². The monoisotopic (exact) mass is 124 g/mol. The van der Waals surface area contributed by atoms with E-state index >= 15 is 0 Å². The molecular weight excluding hydrogens is 116 g/mol. The minimum absolute atomic E-state index is 0.601. The van der Waals surface area contributed by atoms with Crippen LogP contribution in [0.15, 0.2) is 10.9 Å². The van der Waals surface area contributed by atoms with Gasteiger partial charge in [-0.3, -0.25) is 0 Å². The first-order valence-corrected chi connectivity index (χ1v) is 3.23. The maximum absolute atomic E-state index is 4.61. The fourth-order valence-corrected chi connectivity index (χ4v) is 1.03. The molecule has 1 saturated carbocycles. The molecule has 0 unspecified atom stereocenters. The van der Waals surface area contributed by atoms with Crippen LogP contribution in [0.3, 0.4) is 0 Å². The normalized spacial score (nSPS) is 19.6. The SMILES string of the molecule is c1nc(C2CCC2)no1. The summed E-state index contributed by atoms with van der Waals surface area (Å²) in [5, 5.41) is 3.75. The molecule has 9 heavy (non-hydrogen) atoms. The highest BCUT2D eigenvalue weighted by atomic mass is 16.5. The lowest BCUT2D eigenvalue weighted by atomic mass is 9.85. The van der Waals surface area contributed by atoms with Gasteiger partial charge in [-0.05, 0) is 12.8 Å². The summed E-state index contributed by atoms with van der Waals surface area (Å²) in [6, 6.07) is 0. The Hall–Kier alpha value is -0.860. The molecule has 3 heteroatoms. The second-order valence-corrected chi connectivity index (χ2v) is 2.42. The number of hydrogen-bond donors (Lipinski definition) is 0. The molecule has 1 aromatic rings. The standard InChI is InChI=1S/C6H8N2O/c1-2-5(3-1)6-7-4-9-8-6/h4-5H,1-3H2. The lowest BCUT2D eigenvalue weighted by molar-refractivity contribution is 0.362. The third kappa shape index (κ3) is 0.724. The van der Waals surface area contributed by atoms with E-state index in [0.717, 1.165) is 5.82 Å². The van der Waals surface area contributed by atoms with Crippen molar-refractivity contribution in [2.45, 2.75) is 25.2 Å². The van der Waals surface area contributed by atoms with Crippen molar-refractivity contribution in [2.75, 3.05) is 0 Å². The van der Waals surface area contributed by atoms with Crippen molar-refractivity contribution >= 4 is 0 Å². The summed E-state index contributed by atoms with van der Waals surface area (Å²) in [7, 11) is 0. The molecule has 1 aliphatic rings. The first kappa shape index (κ1) is 4.97. The van der Waals surface area contributed by atoms with Gasteiger partial charge in [-0.1, -0.05) is 11.6 Å². The fourth-order valence-electron chi connectivity index (χ4n) is 1.03. The van der Waals surface area contributed by atoms with Crippen LogP contribution in [-0.4, -0.2) is 10.1 Å². The average molecular weight is 124 g/mol. The Morgan fingerprint density at radius 2 is 2.44 bits per heavy atom. The van der Waals surface area contributed by atoms with E-state index in [0.29, 0.717) is 5.92 Å². The van der Waals surface area contributed by atoms with E-state index < -0.39 is 0 Å². The van der Waals surface area contributed by atoms with Gasteiger partial charge in [-0.15, -0.1) is 0 Å². The van der Waals surface area contributed by atoms with E-state index in [4.69, 9.17) is 0 Å². The Labute approximate surface area is 53.1 Å². The lowest BCUT2D eigenvalue weighted by Crippen LogP contribution is -2.09. The van der Waals surface area contributed by atoms with Crippen molar-refractivity contribution < 1.29 is 4.52 Å². The minimum atomic E-state index is 0.601. The van der Waals surface area contributed by atoms with Crippen LogP contribution in [0, 0.1) is 0 Å². The van der Waals surface area contributed by atoms with E-state index in [2.05, 4.69) is 14.7 Å². The largest absolute Gasteiger partial charge is 0.343 e. The van der Waals surface area contributed by atoms with Gasteiger partial charge in [0, 0.05) is 5.92 Å². The maximum Gasteiger partial charge on any atom is 0.213 e. The zero-order valence-electron chi connectivity index (χ0n) is 5.08. The highest BCUT2D eigenvalue weighted by molar-refractivity contribution is 4.96. The van der Waals surface area contributed by atoms with Crippen molar-refractivity contribution in [3.8, 4) is 0 Å². The van der Waals surface area contributed by atoms with Crippen molar-refractivity contribution in [1.29, 1.82) is 0 Å². The second-order valence-electron chi connectivity index (χ2n) is 2.42. The van der Waals surface area contributed by atoms with Crippen LogP contribution in [0.2, 0.25) is 0 Å². The quantitative estimate of drug-likeness (QED) is 0.567. The van der Waals surface area contributed by atoms with Gasteiger partial charge in [0.25, 0.3) is 0 Å². The molecule has 0 N–H and O–H groups in total. The molecule has 0 bridgehead atoms. The molecule has 0 atom stereocenters. The van der Waals surface area contributed by atoms with Gasteiger partial charge in [-0.2, -0.15) is 4.98 Å². The van der Waals surface area contributed by atoms with Gasteiger partial charge >= 0.3 is 0 Å². The minimum Gasteiger partial charge on any atom is -0.343 e. The van der Waals surface area contributed by atoms with Crippen LogP contribution in [0.4, 0.5) is 0 Å². The Bertz CT molecular complexity index is 179. The van der Waals surface area contributed by atoms with Crippen molar-refractivity contribution in [3.05, 3.63) is 12.2 Å². The second kappa shape index (κ2) is 1.83. The Morgan fingerprint density at radius 1 is 1.56 bits per heavy atom. The van der Waals surface area contributed by atoms with Gasteiger partial charge in [0.05, 0.1) is 0 Å². The highest BCUT2D eigenvalue weighted by Crippen LogP contribution is 2.33. The number of aromatic nitrogens is 2. The van der Waals surface area contributed by atoms with Gasteiger partial charge in [-0.25, -0.2) is 0 Å². The van der Waals surface area contributed by atoms with Crippen LogP contribution in [-0.2, 0) is 0 Å². The fraction of sp³-hybridized carbons (Fsp3) is 0.667. The maximum atomic E-state index is 4.61. The summed E-state index contributed by atoms with van der Waals surface area (Å²) in [5.41, 5.74) is 0. The molecule has 0 spiro atoms. The number of nitrogens with zero attached hydrogens (tertiary/aromatic N) is 2. The third-order valence-electron chi connectivity index (χ3n) is 1.85. The molecule has 0 amide bonds. The summed E-state index contributed by atoms with van der Waals surface area (Å²) in [6.07, 6.45) is 5.19. The van der Waals surface area contributed by atoms with Crippen LogP contribution in [0.1, 0.15) is 31.0 Å². The van der Waals surface area contributed by atoms with Gasteiger partial charge in [0.2, 0.25) is 6.39 Å². The summed E-state index contributed by atoms with van der Waals surface area (Å²) in [6.45, 7) is 0. The summed E-state index contributed by atoms with van der Waals surface area (Å²) in [5.74, 6) is 1.49. The van der Waals surface area contributed by atoms with Crippen molar-refractivity contribution in [3.63, 3.8) is 0 Å². The van der Waals surface area contributed by atoms with Crippen LogP contribution >= 0.6 is 0 Å². The highest BCUT2D eigenvalue weighted by Gasteiger charge is 2.22. The van der Waals surface area contributed by atoms with Gasteiger partial charge in [0.15, 0.2) is 5.82 Å². The first-order chi connectivity index (χ1) is 4.47. The van der Waals surface area contributed by atoms with Crippen LogP contribution in [0.5, 0.6) is 0 Å². The number of hydrogen-bond acceptors (Lipinski definition) is 3. The van der Waals surface area contributed by atoms with Crippen LogP contribution < -0.4 is 0 Å². The van der Waals surface area contributed by atoms with E-state index in [1.807, 2.05) is 0 Å². The van der Waals surface area contributed by atoms with Crippen molar-refractivity contribution in [2.24, 2.45) is 0 Å². The summed E-state index contributed by atoms with van der Waals surface area (Å²) >= 11 is 0. The summed E-state index contributed by atoms with van der Waals surface area (Å²) < 4.78 is 4.61. The van der Waals surface area contributed by atoms with E-state index in [1.54, 1.807) is 0 Å². The molecular formula is C6H8N2O. The van der Waals surface area contributed by atoms with Gasteiger partial charge < -0.3 is 4.52 Å². The smallest absolute Gasteiger partial charge is 0.213 e. The molecule has 48 valence electrons. The predicted molar refractivity (Wildman–Crippen MR) is 30.9 cm³/mol. The van der Waals surface area contributed by atoms with E-state index in [-0.39, 0.29) is 0 Å². The van der Waals surface area contributed by atoms with Crippen molar-refractivity contribution in [1.82, 2.24) is 10.1 Å². The molecule has 2 rings (SSSR count). The molecule has 1 heterocycles. The average Bonchev–Trinajstić information content (AvgIpc) is 2.11.